The van der Waals surface area contributed by atoms with Gasteiger partial charge in [-0.3, -0.25) is 9.59 Å². The maximum absolute atomic E-state index is 12.7. The van der Waals surface area contributed by atoms with Crippen LogP contribution in [0.2, 0.25) is 0 Å². The van der Waals surface area contributed by atoms with Crippen molar-refractivity contribution in [2.24, 2.45) is 5.92 Å². The van der Waals surface area contributed by atoms with Crippen LogP contribution in [0.3, 0.4) is 0 Å². The number of amides is 2. The molecule has 2 rings (SSSR count). The van der Waals surface area contributed by atoms with Crippen LogP contribution in [0.4, 0.5) is 0 Å². The predicted octanol–water partition coefficient (Wildman–Crippen LogP) is 3.67. The second-order valence-corrected chi connectivity index (χ2v) is 7.11. The summed E-state index contributed by atoms with van der Waals surface area (Å²) in [5.41, 5.74) is 0.585. The molecule has 4 nitrogen and oxygen atoms in total. The summed E-state index contributed by atoms with van der Waals surface area (Å²) in [6.07, 6.45) is 8.26. The smallest absolute Gasteiger partial charge is 0.251 e. The molecular formula is C20H30N2O2. The zero-order valence-corrected chi connectivity index (χ0v) is 14.9. The average molecular weight is 330 g/mol. The van der Waals surface area contributed by atoms with Crippen molar-refractivity contribution in [3.05, 3.63) is 35.9 Å². The predicted molar refractivity (Wildman–Crippen MR) is 96.8 cm³/mol. The topological polar surface area (TPSA) is 58.2 Å². The summed E-state index contributed by atoms with van der Waals surface area (Å²) in [4.78, 5) is 25.1. The number of carbonyl (C=O) groups is 2. The Kier molecular flexibility index (Phi) is 7.29. The molecule has 0 aromatic heterocycles. The summed E-state index contributed by atoms with van der Waals surface area (Å²) in [6, 6.07) is 8.80. The molecule has 1 aromatic rings. The van der Waals surface area contributed by atoms with Crippen LogP contribution in [0.25, 0.3) is 0 Å². The Bertz CT molecular complexity index is 520. The van der Waals surface area contributed by atoms with Gasteiger partial charge in [0.15, 0.2) is 0 Å². The first-order valence-electron chi connectivity index (χ1n) is 9.24. The highest BCUT2D eigenvalue weighted by Crippen LogP contribution is 2.17. The normalized spacial score (nSPS) is 17.6. The first-order valence-corrected chi connectivity index (χ1v) is 9.24. The Hall–Kier alpha value is -1.84. The molecule has 0 heterocycles. The highest BCUT2D eigenvalue weighted by Gasteiger charge is 2.26. The van der Waals surface area contributed by atoms with Crippen molar-refractivity contribution in [1.29, 1.82) is 0 Å². The van der Waals surface area contributed by atoms with Crippen LogP contribution >= 0.6 is 0 Å². The van der Waals surface area contributed by atoms with E-state index in [1.807, 2.05) is 32.0 Å². The van der Waals surface area contributed by atoms with Gasteiger partial charge in [0, 0.05) is 11.6 Å². The number of benzene rings is 1. The van der Waals surface area contributed by atoms with Crippen LogP contribution in [0.15, 0.2) is 30.3 Å². The molecule has 1 atom stereocenters. The van der Waals surface area contributed by atoms with Crippen LogP contribution in [0.5, 0.6) is 0 Å². The van der Waals surface area contributed by atoms with Gasteiger partial charge in [0.05, 0.1) is 0 Å². The largest absolute Gasteiger partial charge is 0.352 e. The summed E-state index contributed by atoms with van der Waals surface area (Å²) < 4.78 is 0. The van der Waals surface area contributed by atoms with Gasteiger partial charge in [0.25, 0.3) is 5.91 Å². The van der Waals surface area contributed by atoms with E-state index in [-0.39, 0.29) is 23.8 Å². The first-order chi connectivity index (χ1) is 11.6. The van der Waals surface area contributed by atoms with Gasteiger partial charge in [0.2, 0.25) is 5.91 Å². The van der Waals surface area contributed by atoms with Gasteiger partial charge in [-0.05, 0) is 30.9 Å². The van der Waals surface area contributed by atoms with Gasteiger partial charge in [0.1, 0.15) is 6.04 Å². The number of hydrogen-bond donors (Lipinski definition) is 2. The highest BCUT2D eigenvalue weighted by atomic mass is 16.2. The third-order valence-corrected chi connectivity index (χ3v) is 4.72. The third kappa shape index (κ3) is 5.66. The second-order valence-electron chi connectivity index (χ2n) is 7.11. The van der Waals surface area contributed by atoms with E-state index in [4.69, 9.17) is 0 Å². The fraction of sp³-hybridized carbons (Fsp3) is 0.600. The van der Waals surface area contributed by atoms with Crippen molar-refractivity contribution in [2.45, 2.75) is 70.9 Å². The van der Waals surface area contributed by atoms with Crippen molar-refractivity contribution in [1.82, 2.24) is 10.6 Å². The molecule has 2 N–H and O–H groups in total. The van der Waals surface area contributed by atoms with Crippen molar-refractivity contribution < 1.29 is 9.59 Å². The number of rotatable bonds is 5. The number of carbonyl (C=O) groups excluding carboxylic acids is 2. The third-order valence-electron chi connectivity index (χ3n) is 4.72. The van der Waals surface area contributed by atoms with Gasteiger partial charge >= 0.3 is 0 Å². The van der Waals surface area contributed by atoms with Crippen LogP contribution in [-0.2, 0) is 4.79 Å². The molecule has 0 radical (unpaired) electrons. The molecule has 1 aromatic carbocycles. The number of nitrogens with one attached hydrogen (secondary N) is 2. The molecule has 0 aliphatic heterocycles. The van der Waals surface area contributed by atoms with Crippen LogP contribution in [-0.4, -0.2) is 23.9 Å². The van der Waals surface area contributed by atoms with Crippen molar-refractivity contribution in [3.63, 3.8) is 0 Å². The Morgan fingerprint density at radius 2 is 1.54 bits per heavy atom. The molecule has 2 amide bonds. The maximum atomic E-state index is 12.7. The quantitative estimate of drug-likeness (QED) is 0.865. The summed E-state index contributed by atoms with van der Waals surface area (Å²) in [5.74, 6) is -0.201. The summed E-state index contributed by atoms with van der Waals surface area (Å²) >= 11 is 0. The molecule has 0 spiro atoms. The lowest BCUT2D eigenvalue weighted by molar-refractivity contribution is -0.124. The molecule has 132 valence electrons. The Balaban J connectivity index is 1.95. The molecule has 24 heavy (non-hydrogen) atoms. The van der Waals surface area contributed by atoms with E-state index in [0.717, 1.165) is 12.8 Å². The highest BCUT2D eigenvalue weighted by molar-refractivity contribution is 5.97. The van der Waals surface area contributed by atoms with Crippen molar-refractivity contribution >= 4 is 11.8 Å². The first kappa shape index (κ1) is 18.5. The minimum atomic E-state index is -0.497. The van der Waals surface area contributed by atoms with E-state index in [1.54, 1.807) is 12.1 Å². The van der Waals surface area contributed by atoms with E-state index < -0.39 is 6.04 Å². The fourth-order valence-electron chi connectivity index (χ4n) is 3.24. The van der Waals surface area contributed by atoms with Crippen molar-refractivity contribution in [3.8, 4) is 0 Å². The summed E-state index contributed by atoms with van der Waals surface area (Å²) in [5, 5.41) is 6.07. The molecule has 0 unspecified atom stereocenters. The molecule has 1 fully saturated rings. The Labute approximate surface area is 145 Å². The van der Waals surface area contributed by atoms with E-state index in [2.05, 4.69) is 10.6 Å². The lowest BCUT2D eigenvalue weighted by atomic mass is 9.95. The van der Waals surface area contributed by atoms with E-state index in [0.29, 0.717) is 5.56 Å². The van der Waals surface area contributed by atoms with E-state index in [9.17, 15) is 9.59 Å². The monoisotopic (exact) mass is 330 g/mol. The average Bonchev–Trinajstić information content (AvgIpc) is 2.55. The van der Waals surface area contributed by atoms with Gasteiger partial charge in [-0.1, -0.05) is 64.2 Å². The van der Waals surface area contributed by atoms with Crippen LogP contribution < -0.4 is 10.6 Å². The molecule has 4 heteroatoms. The van der Waals surface area contributed by atoms with Crippen molar-refractivity contribution in [2.75, 3.05) is 0 Å². The zero-order valence-electron chi connectivity index (χ0n) is 14.9. The van der Waals surface area contributed by atoms with Gasteiger partial charge < -0.3 is 10.6 Å². The second kappa shape index (κ2) is 9.45. The molecule has 1 aliphatic rings. The van der Waals surface area contributed by atoms with Gasteiger partial charge in [-0.15, -0.1) is 0 Å². The van der Waals surface area contributed by atoms with Gasteiger partial charge in [-0.2, -0.15) is 0 Å². The van der Waals surface area contributed by atoms with E-state index >= 15 is 0 Å². The molecule has 0 saturated heterocycles. The standard InChI is InChI=1S/C20H30N2O2/c1-15(2)18(22-19(23)16-11-7-6-8-12-16)20(24)21-17-13-9-4-3-5-10-14-17/h6-8,11-12,15,17-18H,3-5,9-10,13-14H2,1-2H3,(H,21,24)(H,22,23)/t18-/m1/s1. The fourth-order valence-corrected chi connectivity index (χ4v) is 3.24. The lowest BCUT2D eigenvalue weighted by Gasteiger charge is -2.26. The van der Waals surface area contributed by atoms with Crippen LogP contribution in [0, 0.1) is 5.92 Å². The Morgan fingerprint density at radius 3 is 2.12 bits per heavy atom. The SMILES string of the molecule is CC(C)[C@@H](NC(=O)c1ccccc1)C(=O)NC1CCCCCCC1. The molecule has 0 bridgehead atoms. The minimum Gasteiger partial charge on any atom is -0.352 e. The summed E-state index contributed by atoms with van der Waals surface area (Å²) in [7, 11) is 0. The molecule has 1 saturated carbocycles. The van der Waals surface area contributed by atoms with E-state index in [1.165, 1.54) is 32.1 Å². The zero-order chi connectivity index (χ0) is 17.4. The Morgan fingerprint density at radius 1 is 0.958 bits per heavy atom. The molecular weight excluding hydrogens is 300 g/mol. The van der Waals surface area contributed by atoms with Crippen LogP contribution in [0.1, 0.15) is 69.2 Å². The minimum absolute atomic E-state index is 0.0474. The number of hydrogen-bond acceptors (Lipinski definition) is 2. The lowest BCUT2D eigenvalue weighted by Crippen LogP contribution is -2.52. The molecule has 1 aliphatic carbocycles. The maximum Gasteiger partial charge on any atom is 0.251 e. The summed E-state index contributed by atoms with van der Waals surface area (Å²) in [6.45, 7) is 3.93. The van der Waals surface area contributed by atoms with Gasteiger partial charge in [-0.25, -0.2) is 0 Å².